The molecule has 196 valence electrons. The van der Waals surface area contributed by atoms with Crippen molar-refractivity contribution >= 4 is 22.6 Å². The van der Waals surface area contributed by atoms with E-state index in [1.54, 1.807) is 24.4 Å². The number of aromatic nitrogens is 3. The number of rotatable bonds is 13. The molecule has 37 heavy (non-hydrogen) atoms. The van der Waals surface area contributed by atoms with Gasteiger partial charge in [-0.2, -0.15) is 0 Å². The molecule has 0 aliphatic carbocycles. The zero-order chi connectivity index (χ0) is 26.2. The van der Waals surface area contributed by atoms with E-state index in [4.69, 9.17) is 25.5 Å². The number of halogens is 1. The van der Waals surface area contributed by atoms with Crippen LogP contribution in [0, 0.1) is 6.92 Å². The number of aliphatic hydroxyl groups is 1. The van der Waals surface area contributed by atoms with Crippen LogP contribution in [0.4, 0.5) is 0 Å². The lowest BCUT2D eigenvalue weighted by Gasteiger charge is -2.13. The zero-order valence-electron chi connectivity index (χ0n) is 21.2. The van der Waals surface area contributed by atoms with Crippen molar-refractivity contribution in [1.82, 2.24) is 15.0 Å². The van der Waals surface area contributed by atoms with Gasteiger partial charge < -0.3 is 19.0 Å². The number of para-hydroxylation sites is 1. The second-order valence-electron chi connectivity index (χ2n) is 9.08. The normalized spacial score (nSPS) is 12.1. The van der Waals surface area contributed by atoms with E-state index in [0.29, 0.717) is 27.8 Å². The number of benzene rings is 2. The van der Waals surface area contributed by atoms with Crippen molar-refractivity contribution in [2.24, 2.45) is 0 Å². The number of hydrogen-bond acceptors (Lipinski definition) is 7. The van der Waals surface area contributed by atoms with Gasteiger partial charge in [0, 0.05) is 17.0 Å². The topological polar surface area (TPSA) is 99.6 Å². The average Bonchev–Trinajstić information content (AvgIpc) is 3.33. The lowest BCUT2D eigenvalue weighted by atomic mass is 10.0. The maximum Gasteiger partial charge on any atom is 0.339 e. The Hall–Kier alpha value is -3.36. The molecule has 4 aromatic rings. The first-order valence-corrected chi connectivity index (χ1v) is 13.0. The third-order valence-electron chi connectivity index (χ3n) is 6.18. The Kier molecular flexibility index (Phi) is 9.19. The third kappa shape index (κ3) is 7.11. The Morgan fingerprint density at radius 2 is 1.97 bits per heavy atom. The van der Waals surface area contributed by atoms with Gasteiger partial charge in [0.1, 0.15) is 42.1 Å². The molecule has 0 aliphatic heterocycles. The molecule has 0 saturated heterocycles. The first-order chi connectivity index (χ1) is 17.9. The van der Waals surface area contributed by atoms with Crippen molar-refractivity contribution in [2.45, 2.75) is 65.2 Å². The standard InChI is InChI=1S/C28H32ClN3O5/c1-3-4-5-6-9-24-19(2)23-13-12-22(14-27(23)37-28(24)34)35-18-21(33)16-32-15-20(30-31-32)17-36-26-11-8-7-10-25(26)29/h7-8,10-15,21,33H,3-6,9,16-18H2,1-2H3. The number of aryl methyl sites for hydroxylation is 1. The summed E-state index contributed by atoms with van der Waals surface area (Å²) in [5, 5.41) is 20.0. The fraction of sp³-hybridized carbons (Fsp3) is 0.393. The maximum atomic E-state index is 12.6. The molecule has 2 aromatic heterocycles. The van der Waals surface area contributed by atoms with Crippen LogP contribution in [0.1, 0.15) is 49.4 Å². The van der Waals surface area contributed by atoms with Crippen LogP contribution in [0.15, 0.2) is 57.9 Å². The minimum absolute atomic E-state index is 0.0373. The Morgan fingerprint density at radius 1 is 1.14 bits per heavy atom. The van der Waals surface area contributed by atoms with Gasteiger partial charge in [-0.3, -0.25) is 0 Å². The number of ether oxygens (including phenoxy) is 2. The molecule has 0 spiro atoms. The van der Waals surface area contributed by atoms with Crippen LogP contribution in [0.2, 0.25) is 5.02 Å². The van der Waals surface area contributed by atoms with Crippen LogP contribution in [0.25, 0.3) is 11.0 Å². The minimum atomic E-state index is -0.825. The predicted octanol–water partition coefficient (Wildman–Crippen LogP) is 5.49. The predicted molar refractivity (Wildman–Crippen MR) is 142 cm³/mol. The number of hydrogen-bond donors (Lipinski definition) is 1. The highest BCUT2D eigenvalue weighted by atomic mass is 35.5. The molecule has 2 aromatic carbocycles. The SMILES string of the molecule is CCCCCCc1c(C)c2ccc(OCC(O)Cn3cc(COc4ccccc4Cl)nn3)cc2oc1=O. The van der Waals surface area contributed by atoms with Crippen LogP contribution in [-0.2, 0) is 19.6 Å². The Labute approximate surface area is 220 Å². The largest absolute Gasteiger partial charge is 0.491 e. The molecule has 0 bridgehead atoms. The third-order valence-corrected chi connectivity index (χ3v) is 6.49. The Bertz CT molecular complexity index is 1380. The van der Waals surface area contributed by atoms with Crippen molar-refractivity contribution in [2.75, 3.05) is 6.61 Å². The van der Waals surface area contributed by atoms with Gasteiger partial charge in [-0.25, -0.2) is 9.48 Å². The average molecular weight is 526 g/mol. The molecule has 9 heteroatoms. The molecule has 0 aliphatic rings. The summed E-state index contributed by atoms with van der Waals surface area (Å²) in [7, 11) is 0. The molecular weight excluding hydrogens is 494 g/mol. The first-order valence-electron chi connectivity index (χ1n) is 12.6. The van der Waals surface area contributed by atoms with Crippen molar-refractivity contribution in [3.8, 4) is 11.5 Å². The Balaban J connectivity index is 1.31. The summed E-state index contributed by atoms with van der Waals surface area (Å²) in [4.78, 5) is 12.6. The molecule has 4 rings (SSSR count). The molecule has 1 atom stereocenters. The van der Waals surface area contributed by atoms with E-state index < -0.39 is 6.10 Å². The monoisotopic (exact) mass is 525 g/mol. The van der Waals surface area contributed by atoms with Gasteiger partial charge in [0.2, 0.25) is 0 Å². The van der Waals surface area contributed by atoms with Gasteiger partial charge >= 0.3 is 5.63 Å². The summed E-state index contributed by atoms with van der Waals surface area (Å²) in [6, 6.07) is 12.6. The van der Waals surface area contributed by atoms with Crippen LogP contribution in [0.3, 0.4) is 0 Å². The van der Waals surface area contributed by atoms with Crippen molar-refractivity contribution < 1.29 is 19.0 Å². The molecular formula is C28H32ClN3O5. The zero-order valence-corrected chi connectivity index (χ0v) is 21.9. The number of aliphatic hydroxyl groups excluding tert-OH is 1. The number of fused-ring (bicyclic) bond motifs is 1. The summed E-state index contributed by atoms with van der Waals surface area (Å²) in [6.45, 7) is 4.57. The van der Waals surface area contributed by atoms with Crippen molar-refractivity contribution in [3.63, 3.8) is 0 Å². The van der Waals surface area contributed by atoms with Crippen molar-refractivity contribution in [1.29, 1.82) is 0 Å². The van der Waals surface area contributed by atoms with Gasteiger partial charge in [0.25, 0.3) is 0 Å². The molecule has 1 N–H and O–H groups in total. The lowest BCUT2D eigenvalue weighted by Crippen LogP contribution is -2.24. The molecule has 0 saturated carbocycles. The van der Waals surface area contributed by atoms with Gasteiger partial charge in [0.05, 0.1) is 17.8 Å². The number of unbranched alkanes of at least 4 members (excludes halogenated alkanes) is 3. The maximum absolute atomic E-state index is 12.6. The van der Waals surface area contributed by atoms with E-state index in [2.05, 4.69) is 17.2 Å². The summed E-state index contributed by atoms with van der Waals surface area (Å²) in [6.07, 6.45) is 6.01. The first kappa shape index (κ1) is 26.7. The van der Waals surface area contributed by atoms with Gasteiger partial charge in [-0.05, 0) is 49.6 Å². The van der Waals surface area contributed by atoms with Gasteiger partial charge in [-0.1, -0.05) is 55.1 Å². The highest BCUT2D eigenvalue weighted by molar-refractivity contribution is 6.32. The quantitative estimate of drug-likeness (QED) is 0.182. The van der Waals surface area contributed by atoms with Crippen LogP contribution in [-0.4, -0.2) is 32.8 Å². The fourth-order valence-corrected chi connectivity index (χ4v) is 4.34. The van der Waals surface area contributed by atoms with Gasteiger partial charge in [0.15, 0.2) is 0 Å². The fourth-order valence-electron chi connectivity index (χ4n) is 4.15. The van der Waals surface area contributed by atoms with E-state index in [0.717, 1.165) is 42.2 Å². The second-order valence-corrected chi connectivity index (χ2v) is 9.48. The highest BCUT2D eigenvalue weighted by Gasteiger charge is 2.14. The van der Waals surface area contributed by atoms with Crippen molar-refractivity contribution in [3.05, 3.63) is 80.9 Å². The summed E-state index contributed by atoms with van der Waals surface area (Å²) < 4.78 is 18.6. The van der Waals surface area contributed by atoms with Crippen LogP contribution < -0.4 is 15.1 Å². The lowest BCUT2D eigenvalue weighted by molar-refractivity contribution is 0.0888. The van der Waals surface area contributed by atoms with E-state index in [1.807, 2.05) is 31.2 Å². The summed E-state index contributed by atoms with van der Waals surface area (Å²) in [5.74, 6) is 1.08. The van der Waals surface area contributed by atoms with E-state index >= 15 is 0 Å². The van der Waals surface area contributed by atoms with E-state index in [9.17, 15) is 9.90 Å². The van der Waals surface area contributed by atoms with Crippen LogP contribution >= 0.6 is 11.6 Å². The van der Waals surface area contributed by atoms with Gasteiger partial charge in [-0.15, -0.1) is 5.10 Å². The molecule has 0 amide bonds. The summed E-state index contributed by atoms with van der Waals surface area (Å²) in [5.41, 5.74) is 2.50. The number of nitrogens with zero attached hydrogens (tertiary/aromatic N) is 3. The minimum Gasteiger partial charge on any atom is -0.491 e. The summed E-state index contributed by atoms with van der Waals surface area (Å²) >= 11 is 6.10. The second kappa shape index (κ2) is 12.7. The molecule has 0 radical (unpaired) electrons. The van der Waals surface area contributed by atoms with E-state index in [1.165, 1.54) is 11.1 Å². The molecule has 8 nitrogen and oxygen atoms in total. The van der Waals surface area contributed by atoms with E-state index in [-0.39, 0.29) is 25.4 Å². The highest BCUT2D eigenvalue weighted by Crippen LogP contribution is 2.26. The smallest absolute Gasteiger partial charge is 0.339 e. The van der Waals surface area contributed by atoms with Crippen LogP contribution in [0.5, 0.6) is 11.5 Å². The Morgan fingerprint density at radius 3 is 2.78 bits per heavy atom. The molecule has 2 heterocycles. The molecule has 0 fully saturated rings. The molecule has 1 unspecified atom stereocenters.